The molecule has 0 bridgehead atoms. The minimum atomic E-state index is -0.552. The Balaban J connectivity index is 1.44. The van der Waals surface area contributed by atoms with Gasteiger partial charge in [0.2, 0.25) is 5.91 Å². The minimum absolute atomic E-state index is 0.121. The molecule has 1 aliphatic heterocycles. The standard InChI is InChI=1S/C27H25N3O6/c1-4-36-19-9-7-18(8-10-19)30-26(33)20-11-6-17(14-21(20)27(30)34)25(32)28-15-24(31)29-22-13-16(2)5-12-23(22)35-3/h5-14H,4,15H2,1-3H3,(H,28,32)(H,29,31). The normalized spacial score (nSPS) is 12.2. The summed E-state index contributed by atoms with van der Waals surface area (Å²) in [7, 11) is 1.50. The van der Waals surface area contributed by atoms with Crippen LogP contribution in [0.1, 0.15) is 43.6 Å². The number of carbonyl (C=O) groups is 4. The zero-order valence-corrected chi connectivity index (χ0v) is 20.1. The highest BCUT2D eigenvalue weighted by molar-refractivity contribution is 6.34. The van der Waals surface area contributed by atoms with Crippen LogP contribution in [0.25, 0.3) is 0 Å². The van der Waals surface area contributed by atoms with E-state index in [0.717, 1.165) is 10.5 Å². The Kier molecular flexibility index (Phi) is 7.00. The Labute approximate surface area is 208 Å². The van der Waals surface area contributed by atoms with Crippen molar-refractivity contribution in [3.63, 3.8) is 0 Å². The van der Waals surface area contributed by atoms with Gasteiger partial charge >= 0.3 is 0 Å². The number of anilines is 2. The highest BCUT2D eigenvalue weighted by Crippen LogP contribution is 2.30. The van der Waals surface area contributed by atoms with Gasteiger partial charge in [-0.1, -0.05) is 6.07 Å². The second-order valence-electron chi connectivity index (χ2n) is 8.07. The van der Waals surface area contributed by atoms with Gasteiger partial charge in [0.15, 0.2) is 0 Å². The van der Waals surface area contributed by atoms with Crippen LogP contribution in [0.15, 0.2) is 60.7 Å². The van der Waals surface area contributed by atoms with E-state index >= 15 is 0 Å². The Hall–Kier alpha value is -4.66. The molecule has 4 rings (SSSR count). The number of amides is 4. The molecule has 0 saturated heterocycles. The van der Waals surface area contributed by atoms with Crippen molar-refractivity contribution >= 4 is 35.0 Å². The van der Waals surface area contributed by atoms with Gasteiger partial charge in [-0.15, -0.1) is 0 Å². The SMILES string of the molecule is CCOc1ccc(N2C(=O)c3ccc(C(=O)NCC(=O)Nc4cc(C)ccc4OC)cc3C2=O)cc1. The molecule has 0 fully saturated rings. The summed E-state index contributed by atoms with van der Waals surface area (Å²) in [4.78, 5) is 52.0. The molecule has 9 heteroatoms. The molecule has 0 aliphatic carbocycles. The van der Waals surface area contributed by atoms with E-state index < -0.39 is 23.6 Å². The number of carbonyl (C=O) groups excluding carboxylic acids is 4. The molecule has 3 aromatic carbocycles. The van der Waals surface area contributed by atoms with E-state index in [2.05, 4.69) is 10.6 Å². The number of fused-ring (bicyclic) bond motifs is 1. The van der Waals surface area contributed by atoms with Gasteiger partial charge in [0.25, 0.3) is 17.7 Å². The van der Waals surface area contributed by atoms with Crippen molar-refractivity contribution in [1.29, 1.82) is 0 Å². The number of methoxy groups -OCH3 is 1. The maximum Gasteiger partial charge on any atom is 0.266 e. The van der Waals surface area contributed by atoms with Gasteiger partial charge < -0.3 is 20.1 Å². The summed E-state index contributed by atoms with van der Waals surface area (Å²) in [5.74, 6) is -0.873. The largest absolute Gasteiger partial charge is 0.495 e. The quantitative estimate of drug-likeness (QED) is 0.470. The smallest absolute Gasteiger partial charge is 0.266 e. The van der Waals surface area contributed by atoms with Gasteiger partial charge in [0.1, 0.15) is 11.5 Å². The topological polar surface area (TPSA) is 114 Å². The summed E-state index contributed by atoms with van der Waals surface area (Å²) in [5, 5.41) is 5.24. The predicted octanol–water partition coefficient (Wildman–Crippen LogP) is 3.57. The monoisotopic (exact) mass is 487 g/mol. The lowest BCUT2D eigenvalue weighted by molar-refractivity contribution is -0.115. The van der Waals surface area contributed by atoms with Crippen LogP contribution < -0.4 is 25.0 Å². The van der Waals surface area contributed by atoms with Crippen LogP contribution in [0.4, 0.5) is 11.4 Å². The van der Waals surface area contributed by atoms with Gasteiger partial charge in [0.05, 0.1) is 42.8 Å². The lowest BCUT2D eigenvalue weighted by Crippen LogP contribution is -2.33. The average Bonchev–Trinajstić information content (AvgIpc) is 3.12. The second-order valence-corrected chi connectivity index (χ2v) is 8.07. The van der Waals surface area contributed by atoms with Crippen molar-refractivity contribution in [2.45, 2.75) is 13.8 Å². The highest BCUT2D eigenvalue weighted by Gasteiger charge is 2.37. The molecule has 184 valence electrons. The van der Waals surface area contributed by atoms with Crippen molar-refractivity contribution in [3.05, 3.63) is 82.9 Å². The summed E-state index contributed by atoms with van der Waals surface area (Å²) in [6.45, 7) is 3.95. The molecule has 9 nitrogen and oxygen atoms in total. The number of hydrogen-bond donors (Lipinski definition) is 2. The van der Waals surface area contributed by atoms with E-state index in [9.17, 15) is 19.2 Å². The zero-order valence-electron chi connectivity index (χ0n) is 20.1. The number of nitrogens with zero attached hydrogens (tertiary/aromatic N) is 1. The molecule has 2 N–H and O–H groups in total. The third kappa shape index (κ3) is 4.90. The molecule has 1 heterocycles. The number of rotatable bonds is 8. The van der Waals surface area contributed by atoms with E-state index in [4.69, 9.17) is 9.47 Å². The lowest BCUT2D eigenvalue weighted by Gasteiger charge is -2.14. The number of hydrogen-bond acceptors (Lipinski definition) is 6. The molecule has 4 amide bonds. The third-order valence-electron chi connectivity index (χ3n) is 5.59. The van der Waals surface area contributed by atoms with Crippen LogP contribution in [-0.4, -0.2) is 43.9 Å². The van der Waals surface area contributed by atoms with Crippen LogP contribution in [0.5, 0.6) is 11.5 Å². The number of ether oxygens (including phenoxy) is 2. The van der Waals surface area contributed by atoms with E-state index in [0.29, 0.717) is 29.5 Å². The van der Waals surface area contributed by atoms with Crippen LogP contribution in [-0.2, 0) is 4.79 Å². The predicted molar refractivity (Wildman–Crippen MR) is 134 cm³/mol. The molecule has 0 aromatic heterocycles. The Morgan fingerprint density at radius 2 is 1.64 bits per heavy atom. The van der Waals surface area contributed by atoms with E-state index in [1.165, 1.54) is 25.3 Å². The first-order valence-corrected chi connectivity index (χ1v) is 11.3. The molecular formula is C27H25N3O6. The van der Waals surface area contributed by atoms with Gasteiger partial charge in [-0.25, -0.2) is 4.90 Å². The molecule has 0 atom stereocenters. The van der Waals surface area contributed by atoms with Crippen LogP contribution in [0.3, 0.4) is 0 Å². The molecule has 36 heavy (non-hydrogen) atoms. The van der Waals surface area contributed by atoms with Crippen molar-refractivity contribution in [2.75, 3.05) is 30.5 Å². The average molecular weight is 488 g/mol. The first kappa shape index (κ1) is 24.5. The van der Waals surface area contributed by atoms with Crippen molar-refractivity contribution in [3.8, 4) is 11.5 Å². The van der Waals surface area contributed by atoms with Gasteiger partial charge in [-0.2, -0.15) is 0 Å². The zero-order chi connectivity index (χ0) is 25.8. The van der Waals surface area contributed by atoms with E-state index in [-0.39, 0.29) is 23.2 Å². The van der Waals surface area contributed by atoms with Crippen LogP contribution in [0, 0.1) is 6.92 Å². The van der Waals surface area contributed by atoms with E-state index in [1.54, 1.807) is 36.4 Å². The second kappa shape index (κ2) is 10.3. The summed E-state index contributed by atoms with van der Waals surface area (Å²) in [6, 6.07) is 16.2. The maximum absolute atomic E-state index is 13.0. The van der Waals surface area contributed by atoms with Gasteiger partial charge in [0, 0.05) is 5.56 Å². The van der Waals surface area contributed by atoms with E-state index in [1.807, 2.05) is 19.9 Å². The fourth-order valence-electron chi connectivity index (χ4n) is 3.85. The molecule has 0 unspecified atom stereocenters. The molecule has 0 saturated carbocycles. The number of imide groups is 1. The lowest BCUT2D eigenvalue weighted by atomic mass is 10.1. The van der Waals surface area contributed by atoms with Crippen molar-refractivity contribution in [1.82, 2.24) is 5.32 Å². The highest BCUT2D eigenvalue weighted by atomic mass is 16.5. The maximum atomic E-state index is 13.0. The Morgan fingerprint density at radius 1 is 0.917 bits per heavy atom. The third-order valence-corrected chi connectivity index (χ3v) is 5.59. The fourth-order valence-corrected chi connectivity index (χ4v) is 3.85. The van der Waals surface area contributed by atoms with Crippen LogP contribution in [0.2, 0.25) is 0 Å². The molecule has 1 aliphatic rings. The van der Waals surface area contributed by atoms with Crippen molar-refractivity contribution in [2.24, 2.45) is 0 Å². The summed E-state index contributed by atoms with van der Waals surface area (Å²) >= 11 is 0. The molecule has 3 aromatic rings. The van der Waals surface area contributed by atoms with Gasteiger partial charge in [-0.05, 0) is 74.0 Å². The first-order valence-electron chi connectivity index (χ1n) is 11.3. The Bertz CT molecular complexity index is 1350. The minimum Gasteiger partial charge on any atom is -0.495 e. The number of benzene rings is 3. The summed E-state index contributed by atoms with van der Waals surface area (Å²) in [6.07, 6.45) is 0. The van der Waals surface area contributed by atoms with Crippen LogP contribution >= 0.6 is 0 Å². The first-order chi connectivity index (χ1) is 17.3. The number of nitrogens with one attached hydrogen (secondary N) is 2. The Morgan fingerprint density at radius 3 is 2.33 bits per heavy atom. The number of aryl methyl sites for hydroxylation is 1. The molecule has 0 radical (unpaired) electrons. The molecule has 0 spiro atoms. The summed E-state index contributed by atoms with van der Waals surface area (Å²) in [5.41, 5.74) is 2.31. The summed E-state index contributed by atoms with van der Waals surface area (Å²) < 4.78 is 10.6. The fraction of sp³-hybridized carbons (Fsp3) is 0.185. The van der Waals surface area contributed by atoms with Gasteiger partial charge in [-0.3, -0.25) is 19.2 Å². The van der Waals surface area contributed by atoms with Crippen molar-refractivity contribution < 1.29 is 28.7 Å². The molecular weight excluding hydrogens is 462 g/mol.